The van der Waals surface area contributed by atoms with Crippen LogP contribution < -0.4 is 16.0 Å². The first-order chi connectivity index (χ1) is 5.93. The number of hydrogen-bond donors (Lipinski definition) is 3. The molecule has 78 valence electrons. The summed E-state index contributed by atoms with van der Waals surface area (Å²) in [5.41, 5.74) is 1.86. The van der Waals surface area contributed by atoms with Crippen molar-refractivity contribution < 1.29 is 13.2 Å². The van der Waals surface area contributed by atoms with Gasteiger partial charge in [-0.15, -0.1) is 0 Å². The summed E-state index contributed by atoms with van der Waals surface area (Å²) in [7, 11) is -3.35. The molecule has 13 heavy (non-hydrogen) atoms. The molecule has 0 aromatic carbocycles. The van der Waals surface area contributed by atoms with Crippen LogP contribution in [0.4, 0.5) is 0 Å². The van der Waals surface area contributed by atoms with Crippen LogP contribution in [0.25, 0.3) is 0 Å². The molecule has 7 heteroatoms. The van der Waals surface area contributed by atoms with Crippen LogP contribution in [0.3, 0.4) is 0 Å². The van der Waals surface area contributed by atoms with Gasteiger partial charge in [-0.3, -0.25) is 10.2 Å². The van der Waals surface area contributed by atoms with Crippen molar-refractivity contribution in [1.29, 1.82) is 0 Å². The molecule has 4 N–H and O–H groups in total. The molecule has 0 aliphatic carbocycles. The monoisotopic (exact) mass is 209 g/mol. The van der Waals surface area contributed by atoms with Gasteiger partial charge in [-0.2, -0.15) is 0 Å². The highest BCUT2D eigenvalue weighted by molar-refractivity contribution is 7.89. The lowest BCUT2D eigenvalue weighted by atomic mass is 10.4. The maximum atomic E-state index is 11.1. The fraction of sp³-hybridized carbons (Fsp3) is 0.833. The van der Waals surface area contributed by atoms with Gasteiger partial charge in [0.25, 0.3) is 5.91 Å². The summed E-state index contributed by atoms with van der Waals surface area (Å²) in [6, 6.07) is -0.832. The Morgan fingerprint density at radius 2 is 2.08 bits per heavy atom. The van der Waals surface area contributed by atoms with Crippen molar-refractivity contribution in [2.24, 2.45) is 5.84 Å². The molecule has 1 atom stereocenters. The second kappa shape index (κ2) is 5.15. The van der Waals surface area contributed by atoms with Crippen LogP contribution >= 0.6 is 0 Å². The van der Waals surface area contributed by atoms with Gasteiger partial charge in [0.05, 0.1) is 11.8 Å². The Hall–Kier alpha value is -0.660. The molecule has 0 heterocycles. The highest BCUT2D eigenvalue weighted by Gasteiger charge is 2.18. The van der Waals surface area contributed by atoms with Gasteiger partial charge in [-0.25, -0.2) is 19.0 Å². The fourth-order valence-electron chi connectivity index (χ4n) is 0.776. The molecule has 0 saturated carbocycles. The highest BCUT2D eigenvalue weighted by atomic mass is 32.2. The van der Waals surface area contributed by atoms with E-state index >= 15 is 0 Å². The van der Waals surface area contributed by atoms with E-state index in [1.165, 1.54) is 6.92 Å². The van der Waals surface area contributed by atoms with Crippen LogP contribution in [0.15, 0.2) is 0 Å². The van der Waals surface area contributed by atoms with E-state index in [-0.39, 0.29) is 5.75 Å². The Morgan fingerprint density at radius 1 is 1.54 bits per heavy atom. The Kier molecular flexibility index (Phi) is 4.89. The summed E-state index contributed by atoms with van der Waals surface area (Å²) in [6.45, 7) is 3.17. The first-order valence-corrected chi connectivity index (χ1v) is 5.58. The van der Waals surface area contributed by atoms with Gasteiger partial charge >= 0.3 is 0 Å². The Bertz CT molecular complexity index is 262. The van der Waals surface area contributed by atoms with Crippen molar-refractivity contribution in [3.05, 3.63) is 0 Å². The van der Waals surface area contributed by atoms with E-state index < -0.39 is 22.0 Å². The fourth-order valence-corrected chi connectivity index (χ4v) is 2.08. The topological polar surface area (TPSA) is 101 Å². The molecule has 0 saturated heterocycles. The minimum Gasteiger partial charge on any atom is -0.293 e. The quantitative estimate of drug-likeness (QED) is 0.297. The lowest BCUT2D eigenvalue weighted by Crippen LogP contribution is -2.47. The largest absolute Gasteiger partial charge is 0.293 e. The molecule has 1 unspecified atom stereocenters. The molecule has 0 rings (SSSR count). The van der Waals surface area contributed by atoms with Crippen LogP contribution in [0.5, 0.6) is 0 Å². The number of amides is 1. The van der Waals surface area contributed by atoms with E-state index in [2.05, 4.69) is 4.72 Å². The first kappa shape index (κ1) is 12.3. The third kappa shape index (κ3) is 4.81. The lowest BCUT2D eigenvalue weighted by molar-refractivity contribution is -0.122. The van der Waals surface area contributed by atoms with E-state index in [0.29, 0.717) is 6.42 Å². The van der Waals surface area contributed by atoms with E-state index in [4.69, 9.17) is 5.84 Å². The van der Waals surface area contributed by atoms with Gasteiger partial charge in [-0.1, -0.05) is 6.92 Å². The predicted octanol–water partition coefficient (Wildman–Crippen LogP) is -1.31. The van der Waals surface area contributed by atoms with Crippen LogP contribution in [-0.4, -0.2) is 26.1 Å². The predicted molar refractivity (Wildman–Crippen MR) is 49.0 cm³/mol. The first-order valence-electron chi connectivity index (χ1n) is 3.93. The summed E-state index contributed by atoms with van der Waals surface area (Å²) in [5.74, 6) is 4.28. The van der Waals surface area contributed by atoms with Crippen molar-refractivity contribution in [2.75, 3.05) is 5.75 Å². The number of carbonyl (C=O) groups excluding carboxylic acids is 1. The van der Waals surface area contributed by atoms with Crippen LogP contribution in [0.2, 0.25) is 0 Å². The molecule has 0 aromatic heterocycles. The molecule has 0 spiro atoms. The molecule has 6 nitrogen and oxygen atoms in total. The van der Waals surface area contributed by atoms with Crippen molar-refractivity contribution in [3.63, 3.8) is 0 Å². The summed E-state index contributed by atoms with van der Waals surface area (Å²) in [5, 5.41) is 0. The minimum absolute atomic E-state index is 0.00912. The Balaban J connectivity index is 4.20. The van der Waals surface area contributed by atoms with Gasteiger partial charge in [0.1, 0.15) is 0 Å². The average molecular weight is 209 g/mol. The Labute approximate surface area is 77.9 Å². The van der Waals surface area contributed by atoms with Crippen LogP contribution in [0.1, 0.15) is 20.3 Å². The van der Waals surface area contributed by atoms with E-state index in [1.54, 1.807) is 6.92 Å². The molecule has 0 bridgehead atoms. The average Bonchev–Trinajstić information content (AvgIpc) is 2.01. The zero-order chi connectivity index (χ0) is 10.5. The molecular formula is C6H15N3O3S. The SMILES string of the molecule is CCCS(=O)(=O)NC(C)C(=O)NN. The summed E-state index contributed by atoms with van der Waals surface area (Å²) in [6.07, 6.45) is 0.506. The molecular weight excluding hydrogens is 194 g/mol. The smallest absolute Gasteiger partial charge is 0.251 e. The lowest BCUT2D eigenvalue weighted by Gasteiger charge is -2.11. The molecule has 0 aliphatic heterocycles. The zero-order valence-electron chi connectivity index (χ0n) is 7.70. The standard InChI is InChI=1S/C6H15N3O3S/c1-3-4-13(11,12)9-5(2)6(10)8-7/h5,9H,3-4,7H2,1-2H3,(H,8,10). The number of nitrogens with two attached hydrogens (primary N) is 1. The number of sulfonamides is 1. The number of nitrogens with one attached hydrogen (secondary N) is 2. The molecule has 0 aliphatic rings. The van der Waals surface area contributed by atoms with Crippen molar-refractivity contribution >= 4 is 15.9 Å². The maximum Gasteiger partial charge on any atom is 0.251 e. The second-order valence-corrected chi connectivity index (χ2v) is 4.54. The van der Waals surface area contributed by atoms with Gasteiger partial charge in [0.2, 0.25) is 10.0 Å². The minimum atomic E-state index is -3.35. The highest BCUT2D eigenvalue weighted by Crippen LogP contribution is 1.91. The van der Waals surface area contributed by atoms with Crippen LogP contribution in [-0.2, 0) is 14.8 Å². The summed E-state index contributed by atoms with van der Waals surface area (Å²) >= 11 is 0. The second-order valence-electron chi connectivity index (χ2n) is 2.67. The van der Waals surface area contributed by atoms with Gasteiger partial charge in [-0.05, 0) is 13.3 Å². The number of hydrazine groups is 1. The molecule has 0 radical (unpaired) electrons. The summed E-state index contributed by atoms with van der Waals surface area (Å²) in [4.78, 5) is 10.8. The van der Waals surface area contributed by atoms with E-state index in [1.807, 2.05) is 5.43 Å². The van der Waals surface area contributed by atoms with Gasteiger partial charge < -0.3 is 0 Å². The van der Waals surface area contributed by atoms with Crippen molar-refractivity contribution in [3.8, 4) is 0 Å². The third-order valence-electron chi connectivity index (χ3n) is 1.36. The normalized spacial score (nSPS) is 13.8. The van der Waals surface area contributed by atoms with Gasteiger partial charge in [0.15, 0.2) is 0 Å². The van der Waals surface area contributed by atoms with E-state index in [0.717, 1.165) is 0 Å². The number of carbonyl (C=O) groups is 1. The molecule has 0 fully saturated rings. The Morgan fingerprint density at radius 3 is 2.46 bits per heavy atom. The third-order valence-corrected chi connectivity index (χ3v) is 3.02. The number of rotatable bonds is 5. The van der Waals surface area contributed by atoms with Crippen molar-refractivity contribution in [2.45, 2.75) is 26.3 Å². The number of hydrogen-bond acceptors (Lipinski definition) is 4. The maximum absolute atomic E-state index is 11.1. The van der Waals surface area contributed by atoms with Crippen molar-refractivity contribution in [1.82, 2.24) is 10.1 Å². The van der Waals surface area contributed by atoms with Gasteiger partial charge in [0, 0.05) is 0 Å². The molecule has 0 aromatic rings. The molecule has 1 amide bonds. The summed E-state index contributed by atoms with van der Waals surface area (Å²) < 4.78 is 24.4. The zero-order valence-corrected chi connectivity index (χ0v) is 8.52. The van der Waals surface area contributed by atoms with E-state index in [9.17, 15) is 13.2 Å². The van der Waals surface area contributed by atoms with Crippen LogP contribution in [0, 0.1) is 0 Å².